The van der Waals surface area contributed by atoms with Crippen molar-refractivity contribution in [2.75, 3.05) is 11.4 Å². The van der Waals surface area contributed by atoms with Crippen LogP contribution in [0.1, 0.15) is 37.2 Å². The number of carbonyl (C=O) groups excluding carboxylic acids is 1. The lowest BCUT2D eigenvalue weighted by molar-refractivity contribution is -0.118. The molecule has 1 amide bonds. The van der Waals surface area contributed by atoms with Crippen LogP contribution in [0, 0.1) is 0 Å². The molecule has 2 heterocycles. The highest BCUT2D eigenvalue weighted by molar-refractivity contribution is 5.95. The molecule has 3 rings (SSSR count). The third-order valence-electron chi connectivity index (χ3n) is 3.61. The van der Waals surface area contributed by atoms with Gasteiger partial charge in [-0.3, -0.25) is 4.79 Å². The molecular formula is C13H15NO. The summed E-state index contributed by atoms with van der Waals surface area (Å²) < 4.78 is 0. The average molecular weight is 201 g/mol. The summed E-state index contributed by atoms with van der Waals surface area (Å²) in [4.78, 5) is 13.9. The van der Waals surface area contributed by atoms with E-state index in [2.05, 4.69) is 18.2 Å². The molecule has 2 aliphatic rings. The van der Waals surface area contributed by atoms with Crippen LogP contribution in [0.4, 0.5) is 5.69 Å². The standard InChI is InChI=1S/C13H15NO/c15-13-8-7-10-4-3-9-14(13)12-6-2-1-5-11(10)12/h1-2,5-6,10H,3-4,7-9H2. The normalized spacial score (nSPS) is 24.7. The maximum absolute atomic E-state index is 11.9. The van der Waals surface area contributed by atoms with Gasteiger partial charge in [-0.2, -0.15) is 0 Å². The van der Waals surface area contributed by atoms with Gasteiger partial charge in [-0.05, 0) is 36.8 Å². The zero-order valence-corrected chi connectivity index (χ0v) is 8.78. The lowest BCUT2D eigenvalue weighted by Crippen LogP contribution is -2.31. The summed E-state index contributed by atoms with van der Waals surface area (Å²) in [5.74, 6) is 0.919. The van der Waals surface area contributed by atoms with Crippen LogP contribution in [-0.4, -0.2) is 12.5 Å². The second-order valence-electron chi connectivity index (χ2n) is 4.48. The Morgan fingerprint density at radius 1 is 1.20 bits per heavy atom. The Morgan fingerprint density at radius 2 is 2.07 bits per heavy atom. The molecule has 15 heavy (non-hydrogen) atoms. The van der Waals surface area contributed by atoms with Gasteiger partial charge in [-0.25, -0.2) is 0 Å². The Kier molecular flexibility index (Phi) is 2.01. The van der Waals surface area contributed by atoms with Gasteiger partial charge in [0, 0.05) is 18.7 Å². The monoisotopic (exact) mass is 201 g/mol. The highest BCUT2D eigenvalue weighted by atomic mass is 16.2. The summed E-state index contributed by atoms with van der Waals surface area (Å²) in [5.41, 5.74) is 2.56. The van der Waals surface area contributed by atoms with Crippen molar-refractivity contribution in [3.63, 3.8) is 0 Å². The lowest BCUT2D eigenvalue weighted by Gasteiger charge is -2.21. The predicted octanol–water partition coefficient (Wildman–Crippen LogP) is 2.69. The van der Waals surface area contributed by atoms with E-state index in [1.54, 1.807) is 0 Å². The molecule has 2 aliphatic heterocycles. The molecule has 2 nitrogen and oxygen atoms in total. The highest BCUT2D eigenvalue weighted by Gasteiger charge is 2.30. The number of nitrogens with zero attached hydrogens (tertiary/aromatic N) is 1. The van der Waals surface area contributed by atoms with Gasteiger partial charge >= 0.3 is 0 Å². The van der Waals surface area contributed by atoms with E-state index in [9.17, 15) is 4.79 Å². The second kappa shape index (κ2) is 3.37. The number of amides is 1. The number of carbonyl (C=O) groups is 1. The summed E-state index contributed by atoms with van der Waals surface area (Å²) in [6.45, 7) is 0.909. The highest BCUT2D eigenvalue weighted by Crippen LogP contribution is 2.39. The number of hydrogen-bond acceptors (Lipinski definition) is 1. The summed E-state index contributed by atoms with van der Waals surface area (Å²) in [6.07, 6.45) is 4.14. The van der Waals surface area contributed by atoms with E-state index in [0.29, 0.717) is 11.8 Å². The molecule has 0 N–H and O–H groups in total. The van der Waals surface area contributed by atoms with Gasteiger partial charge in [-0.1, -0.05) is 18.2 Å². The number of para-hydroxylation sites is 1. The van der Waals surface area contributed by atoms with E-state index in [0.717, 1.165) is 25.8 Å². The second-order valence-corrected chi connectivity index (χ2v) is 4.48. The summed E-state index contributed by atoms with van der Waals surface area (Å²) in [6, 6.07) is 8.41. The topological polar surface area (TPSA) is 20.3 Å². The third kappa shape index (κ3) is 1.36. The quantitative estimate of drug-likeness (QED) is 0.632. The molecule has 0 spiro atoms. The number of anilines is 1. The van der Waals surface area contributed by atoms with Crippen molar-refractivity contribution in [1.82, 2.24) is 0 Å². The van der Waals surface area contributed by atoms with Crippen molar-refractivity contribution in [2.45, 2.75) is 31.6 Å². The largest absolute Gasteiger partial charge is 0.312 e. The van der Waals surface area contributed by atoms with Crippen molar-refractivity contribution in [3.05, 3.63) is 29.8 Å². The molecule has 78 valence electrons. The minimum absolute atomic E-state index is 0.310. The first kappa shape index (κ1) is 8.96. The summed E-state index contributed by atoms with van der Waals surface area (Å²) in [7, 11) is 0. The van der Waals surface area contributed by atoms with Gasteiger partial charge in [0.25, 0.3) is 0 Å². The van der Waals surface area contributed by atoms with Gasteiger partial charge in [0.2, 0.25) is 5.91 Å². The van der Waals surface area contributed by atoms with Gasteiger partial charge in [-0.15, -0.1) is 0 Å². The van der Waals surface area contributed by atoms with Crippen LogP contribution >= 0.6 is 0 Å². The molecule has 2 heteroatoms. The first-order valence-corrected chi connectivity index (χ1v) is 5.75. The van der Waals surface area contributed by atoms with E-state index in [-0.39, 0.29) is 0 Å². The van der Waals surface area contributed by atoms with Gasteiger partial charge < -0.3 is 4.90 Å². The van der Waals surface area contributed by atoms with Crippen LogP contribution in [-0.2, 0) is 4.79 Å². The molecule has 0 saturated heterocycles. The lowest BCUT2D eigenvalue weighted by atomic mass is 9.90. The molecule has 1 aromatic carbocycles. The predicted molar refractivity (Wildman–Crippen MR) is 60.0 cm³/mol. The van der Waals surface area contributed by atoms with Crippen LogP contribution in [0.25, 0.3) is 0 Å². The molecule has 1 aromatic rings. The Labute approximate surface area is 89.9 Å². The SMILES string of the molecule is O=C1CCC2CCCN1c1ccccc12. The first-order valence-electron chi connectivity index (χ1n) is 5.75. The first-order chi connectivity index (χ1) is 7.36. The molecule has 2 bridgehead atoms. The van der Waals surface area contributed by atoms with E-state index >= 15 is 0 Å². The molecule has 0 aromatic heterocycles. The maximum atomic E-state index is 11.9. The molecule has 1 atom stereocenters. The van der Waals surface area contributed by atoms with E-state index < -0.39 is 0 Å². The minimum atomic E-state index is 0.310. The van der Waals surface area contributed by atoms with Gasteiger partial charge in [0.05, 0.1) is 0 Å². The van der Waals surface area contributed by atoms with Crippen molar-refractivity contribution in [3.8, 4) is 0 Å². The van der Waals surface area contributed by atoms with Gasteiger partial charge in [0.1, 0.15) is 0 Å². The van der Waals surface area contributed by atoms with Crippen LogP contribution in [0.15, 0.2) is 24.3 Å². The van der Waals surface area contributed by atoms with Crippen molar-refractivity contribution >= 4 is 11.6 Å². The molecule has 1 unspecified atom stereocenters. The molecule has 0 fully saturated rings. The fraction of sp³-hybridized carbons (Fsp3) is 0.462. The van der Waals surface area contributed by atoms with E-state index in [4.69, 9.17) is 0 Å². The molecule has 0 radical (unpaired) electrons. The minimum Gasteiger partial charge on any atom is -0.312 e. The summed E-state index contributed by atoms with van der Waals surface area (Å²) >= 11 is 0. The van der Waals surface area contributed by atoms with Crippen molar-refractivity contribution in [2.24, 2.45) is 0 Å². The fourth-order valence-electron chi connectivity index (χ4n) is 2.84. The molecular weight excluding hydrogens is 186 g/mol. The molecule has 0 aliphatic carbocycles. The zero-order valence-electron chi connectivity index (χ0n) is 8.78. The Morgan fingerprint density at radius 3 is 3.00 bits per heavy atom. The van der Waals surface area contributed by atoms with Crippen LogP contribution in [0.3, 0.4) is 0 Å². The Balaban J connectivity index is 2.17. The number of rotatable bonds is 0. The number of hydrogen-bond donors (Lipinski definition) is 0. The van der Waals surface area contributed by atoms with Crippen molar-refractivity contribution < 1.29 is 4.79 Å². The van der Waals surface area contributed by atoms with Gasteiger partial charge in [0.15, 0.2) is 0 Å². The van der Waals surface area contributed by atoms with E-state index in [1.165, 1.54) is 17.7 Å². The number of benzene rings is 1. The maximum Gasteiger partial charge on any atom is 0.227 e. The van der Waals surface area contributed by atoms with Crippen LogP contribution < -0.4 is 4.90 Å². The van der Waals surface area contributed by atoms with Crippen LogP contribution in [0.5, 0.6) is 0 Å². The average Bonchev–Trinajstić information content (AvgIpc) is 2.50. The fourth-order valence-corrected chi connectivity index (χ4v) is 2.84. The van der Waals surface area contributed by atoms with Crippen molar-refractivity contribution in [1.29, 1.82) is 0 Å². The van der Waals surface area contributed by atoms with Crippen LogP contribution in [0.2, 0.25) is 0 Å². The Bertz CT molecular complexity index is 399. The zero-order chi connectivity index (χ0) is 10.3. The third-order valence-corrected chi connectivity index (χ3v) is 3.61. The van der Waals surface area contributed by atoms with E-state index in [1.807, 2.05) is 11.0 Å². The Hall–Kier alpha value is -1.31. The smallest absolute Gasteiger partial charge is 0.227 e. The molecule has 0 saturated carbocycles. The summed E-state index contributed by atoms with van der Waals surface area (Å²) in [5, 5.41) is 0.